The summed E-state index contributed by atoms with van der Waals surface area (Å²) in [5.74, 6) is 0.659. The van der Waals surface area contributed by atoms with Crippen LogP contribution in [0.25, 0.3) is 0 Å². The van der Waals surface area contributed by atoms with Gasteiger partial charge in [-0.15, -0.1) is 11.3 Å². The monoisotopic (exact) mass is 423 g/mol. The first-order valence-electron chi connectivity index (χ1n) is 9.98. The number of hydrogen-bond acceptors (Lipinski definition) is 5. The summed E-state index contributed by atoms with van der Waals surface area (Å²) in [6.07, 6.45) is 3.84. The maximum absolute atomic E-state index is 12.9. The summed E-state index contributed by atoms with van der Waals surface area (Å²) >= 11 is 3.32. The van der Waals surface area contributed by atoms with Gasteiger partial charge in [0.25, 0.3) is 5.91 Å². The molecule has 1 aliphatic rings. The van der Waals surface area contributed by atoms with Gasteiger partial charge in [-0.2, -0.15) is 0 Å². The minimum atomic E-state index is -0.0674. The average Bonchev–Trinajstić information content (AvgIpc) is 3.19. The van der Waals surface area contributed by atoms with Crippen molar-refractivity contribution >= 4 is 40.4 Å². The van der Waals surface area contributed by atoms with Crippen molar-refractivity contribution in [3.63, 3.8) is 0 Å². The number of nitrogens with one attached hydrogen (secondary N) is 1. The average molecular weight is 424 g/mol. The van der Waals surface area contributed by atoms with E-state index in [1.54, 1.807) is 23.1 Å². The van der Waals surface area contributed by atoms with Gasteiger partial charge in [-0.1, -0.05) is 30.0 Å². The standard InChI is InChI=1S/C23H25N3OS2/c1-17-15-28-23(24-17)29-16-18-7-3-4-8-21(18)22(27)25-19-9-11-20(12-10-19)26-13-5-2-6-14-26/h3-4,7-12,15H,2,5-6,13-14,16H2,1H3,(H,25,27). The third kappa shape index (κ3) is 5.19. The predicted octanol–water partition coefficient (Wildman–Crippen LogP) is 5.99. The van der Waals surface area contributed by atoms with E-state index < -0.39 is 0 Å². The molecule has 1 N–H and O–H groups in total. The number of carbonyl (C=O) groups is 1. The van der Waals surface area contributed by atoms with Crippen molar-refractivity contribution < 1.29 is 4.79 Å². The van der Waals surface area contributed by atoms with Crippen molar-refractivity contribution in [1.82, 2.24) is 4.98 Å². The summed E-state index contributed by atoms with van der Waals surface area (Å²) in [4.78, 5) is 19.8. The van der Waals surface area contributed by atoms with Gasteiger partial charge in [0.15, 0.2) is 0 Å². The van der Waals surface area contributed by atoms with Crippen LogP contribution in [0.15, 0.2) is 58.3 Å². The Hall–Kier alpha value is -2.31. The van der Waals surface area contributed by atoms with Crippen LogP contribution in [0.3, 0.4) is 0 Å². The quantitative estimate of drug-likeness (QED) is 0.495. The fraction of sp³-hybridized carbons (Fsp3) is 0.304. The second kappa shape index (κ2) is 9.46. The second-order valence-corrected chi connectivity index (χ2v) is 9.33. The largest absolute Gasteiger partial charge is 0.372 e. The molecular formula is C23H25N3OS2. The number of benzene rings is 2. The molecule has 0 aliphatic carbocycles. The van der Waals surface area contributed by atoms with E-state index in [1.165, 1.54) is 24.9 Å². The molecule has 1 aliphatic heterocycles. The van der Waals surface area contributed by atoms with Crippen LogP contribution in [0, 0.1) is 6.92 Å². The van der Waals surface area contributed by atoms with E-state index in [2.05, 4.69) is 32.7 Å². The zero-order valence-electron chi connectivity index (χ0n) is 16.6. The summed E-state index contributed by atoms with van der Waals surface area (Å²) in [5.41, 5.74) is 4.84. The van der Waals surface area contributed by atoms with E-state index in [-0.39, 0.29) is 5.91 Å². The number of piperidine rings is 1. The highest BCUT2D eigenvalue weighted by atomic mass is 32.2. The Balaban J connectivity index is 1.41. The van der Waals surface area contributed by atoms with Crippen molar-refractivity contribution in [2.75, 3.05) is 23.3 Å². The molecule has 0 atom stereocenters. The number of amides is 1. The van der Waals surface area contributed by atoms with Crippen LogP contribution in [0.4, 0.5) is 11.4 Å². The molecule has 4 rings (SSSR count). The first-order valence-corrected chi connectivity index (χ1v) is 11.8. The van der Waals surface area contributed by atoms with Crippen molar-refractivity contribution in [1.29, 1.82) is 0 Å². The topological polar surface area (TPSA) is 45.2 Å². The van der Waals surface area contributed by atoms with E-state index in [4.69, 9.17) is 0 Å². The lowest BCUT2D eigenvalue weighted by atomic mass is 10.1. The number of hydrogen-bond donors (Lipinski definition) is 1. The molecule has 1 fully saturated rings. The summed E-state index contributed by atoms with van der Waals surface area (Å²) < 4.78 is 1.03. The Kier molecular flexibility index (Phi) is 6.52. The van der Waals surface area contributed by atoms with Gasteiger partial charge in [-0.3, -0.25) is 4.79 Å². The zero-order chi connectivity index (χ0) is 20.1. The number of nitrogens with zero attached hydrogens (tertiary/aromatic N) is 2. The smallest absolute Gasteiger partial charge is 0.255 e. The molecule has 0 saturated carbocycles. The van der Waals surface area contributed by atoms with Gasteiger partial charge >= 0.3 is 0 Å². The van der Waals surface area contributed by atoms with E-state index >= 15 is 0 Å². The van der Waals surface area contributed by atoms with E-state index in [9.17, 15) is 4.79 Å². The van der Waals surface area contributed by atoms with Crippen LogP contribution in [0.2, 0.25) is 0 Å². The van der Waals surface area contributed by atoms with Gasteiger partial charge in [0.1, 0.15) is 4.34 Å². The third-order valence-electron chi connectivity index (χ3n) is 5.06. The SMILES string of the molecule is Cc1csc(SCc2ccccc2C(=O)Nc2ccc(N3CCCCC3)cc2)n1. The maximum Gasteiger partial charge on any atom is 0.255 e. The minimum absolute atomic E-state index is 0.0674. The molecule has 6 heteroatoms. The normalized spacial score (nSPS) is 14.0. The van der Waals surface area contributed by atoms with Crippen LogP contribution in [-0.2, 0) is 5.75 Å². The maximum atomic E-state index is 12.9. The molecule has 0 bridgehead atoms. The van der Waals surface area contributed by atoms with Gasteiger partial charge in [-0.25, -0.2) is 4.98 Å². The number of carbonyl (C=O) groups excluding carboxylic acids is 1. The molecule has 29 heavy (non-hydrogen) atoms. The fourth-order valence-electron chi connectivity index (χ4n) is 3.51. The Labute approximate surface area is 180 Å². The predicted molar refractivity (Wildman–Crippen MR) is 123 cm³/mol. The fourth-order valence-corrected chi connectivity index (χ4v) is 5.37. The van der Waals surface area contributed by atoms with E-state index in [0.717, 1.165) is 40.1 Å². The summed E-state index contributed by atoms with van der Waals surface area (Å²) in [7, 11) is 0. The van der Waals surface area contributed by atoms with Crippen LogP contribution < -0.4 is 10.2 Å². The number of anilines is 2. The number of thioether (sulfide) groups is 1. The molecule has 150 valence electrons. The van der Waals surface area contributed by atoms with Gasteiger partial charge < -0.3 is 10.2 Å². The highest BCUT2D eigenvalue weighted by molar-refractivity contribution is 8.00. The van der Waals surface area contributed by atoms with Crippen LogP contribution in [0.1, 0.15) is 40.9 Å². The van der Waals surface area contributed by atoms with Crippen molar-refractivity contribution in [2.45, 2.75) is 36.3 Å². The molecule has 0 radical (unpaired) electrons. The summed E-state index contributed by atoms with van der Waals surface area (Å²) in [6.45, 7) is 4.24. The number of aromatic nitrogens is 1. The molecular weight excluding hydrogens is 398 g/mol. The molecule has 1 aromatic heterocycles. The van der Waals surface area contributed by atoms with Gasteiger partial charge in [0, 0.05) is 46.9 Å². The molecule has 4 nitrogen and oxygen atoms in total. The molecule has 0 unspecified atom stereocenters. The van der Waals surface area contributed by atoms with Crippen molar-refractivity contribution in [3.8, 4) is 0 Å². The van der Waals surface area contributed by atoms with Crippen LogP contribution >= 0.6 is 23.1 Å². The molecule has 1 saturated heterocycles. The van der Waals surface area contributed by atoms with E-state index in [1.807, 2.05) is 43.3 Å². The number of aryl methyl sites for hydroxylation is 1. The Morgan fingerprint density at radius 1 is 1.10 bits per heavy atom. The molecule has 2 heterocycles. The van der Waals surface area contributed by atoms with Gasteiger partial charge in [0.2, 0.25) is 0 Å². The Morgan fingerprint density at radius 2 is 1.86 bits per heavy atom. The zero-order valence-corrected chi connectivity index (χ0v) is 18.2. The molecule has 2 aromatic carbocycles. The van der Waals surface area contributed by atoms with Crippen molar-refractivity contribution in [3.05, 3.63) is 70.7 Å². The highest BCUT2D eigenvalue weighted by Gasteiger charge is 2.14. The van der Waals surface area contributed by atoms with E-state index in [0.29, 0.717) is 5.56 Å². The summed E-state index contributed by atoms with van der Waals surface area (Å²) in [5, 5.41) is 5.10. The van der Waals surface area contributed by atoms with Gasteiger partial charge in [-0.05, 0) is 62.1 Å². The third-order valence-corrected chi connectivity index (χ3v) is 7.25. The van der Waals surface area contributed by atoms with Gasteiger partial charge in [0.05, 0.1) is 0 Å². The first-order chi connectivity index (χ1) is 14.2. The highest BCUT2D eigenvalue weighted by Crippen LogP contribution is 2.28. The number of rotatable bonds is 6. The first kappa shape index (κ1) is 20.0. The van der Waals surface area contributed by atoms with Crippen LogP contribution in [-0.4, -0.2) is 24.0 Å². The molecule has 0 spiro atoms. The van der Waals surface area contributed by atoms with Crippen LogP contribution in [0.5, 0.6) is 0 Å². The second-order valence-electron chi connectivity index (χ2n) is 7.25. The molecule has 3 aromatic rings. The lowest BCUT2D eigenvalue weighted by molar-refractivity contribution is 0.102. The minimum Gasteiger partial charge on any atom is -0.372 e. The molecule has 1 amide bonds. The lowest BCUT2D eigenvalue weighted by Gasteiger charge is -2.28. The lowest BCUT2D eigenvalue weighted by Crippen LogP contribution is -2.29. The Morgan fingerprint density at radius 3 is 2.59 bits per heavy atom. The van der Waals surface area contributed by atoms with Crippen molar-refractivity contribution in [2.24, 2.45) is 0 Å². The number of thiazole rings is 1. The summed E-state index contributed by atoms with van der Waals surface area (Å²) in [6, 6.07) is 16.0. The Bertz CT molecular complexity index is 962.